The average molecular weight is 317 g/mol. The number of rotatable bonds is 4. The summed E-state index contributed by atoms with van der Waals surface area (Å²) >= 11 is 0. The van der Waals surface area contributed by atoms with Crippen LogP contribution in [0.4, 0.5) is 5.82 Å². The van der Waals surface area contributed by atoms with Gasteiger partial charge >= 0.3 is 0 Å². The first kappa shape index (κ1) is 15.3. The maximum atomic E-state index is 12.2. The summed E-state index contributed by atoms with van der Waals surface area (Å²) < 4.78 is 4.91. The zero-order valence-electron chi connectivity index (χ0n) is 12.9. The van der Waals surface area contributed by atoms with E-state index in [2.05, 4.69) is 25.6 Å². The molecule has 2 aromatic heterocycles. The molecule has 0 bridgehead atoms. The molecule has 0 spiro atoms. The summed E-state index contributed by atoms with van der Waals surface area (Å²) in [6, 6.07) is 3.32. The Morgan fingerprint density at radius 2 is 2.35 bits per heavy atom. The van der Waals surface area contributed by atoms with Gasteiger partial charge in [-0.25, -0.2) is 5.10 Å². The molecule has 3 rings (SSSR count). The maximum absolute atomic E-state index is 12.2. The molecular formula is C15H19N5O3. The minimum Gasteiger partial charge on any atom is -0.361 e. The molecule has 23 heavy (non-hydrogen) atoms. The number of aromatic amines is 1. The molecule has 8 heteroatoms. The lowest BCUT2D eigenvalue weighted by atomic mass is 10.0. The van der Waals surface area contributed by atoms with E-state index in [-0.39, 0.29) is 17.5 Å². The van der Waals surface area contributed by atoms with Gasteiger partial charge in [0, 0.05) is 25.2 Å². The van der Waals surface area contributed by atoms with Gasteiger partial charge in [-0.2, -0.15) is 5.10 Å². The van der Waals surface area contributed by atoms with Gasteiger partial charge in [0.05, 0.1) is 6.20 Å². The Balaban J connectivity index is 1.67. The predicted octanol–water partition coefficient (Wildman–Crippen LogP) is 0.855. The van der Waals surface area contributed by atoms with Crippen molar-refractivity contribution >= 4 is 11.7 Å². The molecule has 0 aromatic carbocycles. The van der Waals surface area contributed by atoms with E-state index < -0.39 is 0 Å². The van der Waals surface area contributed by atoms with Gasteiger partial charge in [-0.1, -0.05) is 5.16 Å². The van der Waals surface area contributed by atoms with E-state index in [4.69, 9.17) is 4.52 Å². The number of nitrogens with zero attached hydrogens (tertiary/aromatic N) is 3. The normalized spacial score (nSPS) is 18.0. The maximum Gasteiger partial charge on any atom is 0.264 e. The van der Waals surface area contributed by atoms with E-state index in [1.807, 2.05) is 0 Å². The van der Waals surface area contributed by atoms with Crippen molar-refractivity contribution in [2.24, 2.45) is 0 Å². The molecule has 1 atom stereocenters. The number of carbonyl (C=O) groups is 1. The summed E-state index contributed by atoms with van der Waals surface area (Å²) in [6.45, 7) is 3.06. The van der Waals surface area contributed by atoms with Gasteiger partial charge in [-0.05, 0) is 32.3 Å². The topological polar surface area (TPSA) is 104 Å². The fourth-order valence-corrected chi connectivity index (χ4v) is 2.83. The summed E-state index contributed by atoms with van der Waals surface area (Å²) in [5.41, 5.74) is 0.230. The van der Waals surface area contributed by atoms with Crippen molar-refractivity contribution in [3.05, 3.63) is 40.0 Å². The predicted molar refractivity (Wildman–Crippen MR) is 83.4 cm³/mol. The number of aromatic nitrogens is 3. The molecule has 1 amide bonds. The fourth-order valence-electron chi connectivity index (χ4n) is 2.83. The Kier molecular flexibility index (Phi) is 4.40. The third kappa shape index (κ3) is 3.41. The molecule has 8 nitrogen and oxygen atoms in total. The van der Waals surface area contributed by atoms with Crippen molar-refractivity contribution in [3.8, 4) is 0 Å². The molecule has 122 valence electrons. The zero-order valence-corrected chi connectivity index (χ0v) is 12.9. The number of aryl methyl sites for hydroxylation is 1. The van der Waals surface area contributed by atoms with Crippen LogP contribution < -0.4 is 15.8 Å². The number of nitrogens with one attached hydrogen (secondary N) is 2. The van der Waals surface area contributed by atoms with Gasteiger partial charge in [0.1, 0.15) is 17.1 Å². The van der Waals surface area contributed by atoms with Gasteiger partial charge in [-0.15, -0.1) is 0 Å². The quantitative estimate of drug-likeness (QED) is 0.866. The van der Waals surface area contributed by atoms with Crippen molar-refractivity contribution in [3.63, 3.8) is 0 Å². The van der Waals surface area contributed by atoms with E-state index in [0.29, 0.717) is 17.9 Å². The van der Waals surface area contributed by atoms with Gasteiger partial charge in [0.2, 0.25) is 0 Å². The Labute approximate surface area is 132 Å². The fraction of sp³-hybridized carbons (Fsp3) is 0.467. The smallest absolute Gasteiger partial charge is 0.264 e. The van der Waals surface area contributed by atoms with Crippen LogP contribution in [0.5, 0.6) is 0 Å². The van der Waals surface area contributed by atoms with Crippen LogP contribution in [0, 0.1) is 6.92 Å². The van der Waals surface area contributed by atoms with Gasteiger partial charge in [-0.3, -0.25) is 9.59 Å². The van der Waals surface area contributed by atoms with E-state index in [1.165, 1.54) is 12.3 Å². The zero-order chi connectivity index (χ0) is 16.2. The SMILES string of the molecule is Cc1oncc1C(=O)NCC1CCCCN1c1ccc(=O)[nH]n1. The molecule has 0 radical (unpaired) electrons. The number of piperidine rings is 1. The monoisotopic (exact) mass is 317 g/mol. The minimum absolute atomic E-state index is 0.145. The Morgan fingerprint density at radius 3 is 3.04 bits per heavy atom. The van der Waals surface area contributed by atoms with E-state index >= 15 is 0 Å². The first-order valence-electron chi connectivity index (χ1n) is 7.67. The number of H-pyrrole nitrogens is 1. The second-order valence-corrected chi connectivity index (χ2v) is 5.63. The van der Waals surface area contributed by atoms with Crippen molar-refractivity contribution in [1.82, 2.24) is 20.7 Å². The molecule has 2 N–H and O–H groups in total. The molecule has 1 unspecified atom stereocenters. The largest absolute Gasteiger partial charge is 0.361 e. The van der Waals surface area contributed by atoms with Crippen LogP contribution in [0.2, 0.25) is 0 Å². The van der Waals surface area contributed by atoms with Crippen molar-refractivity contribution in [1.29, 1.82) is 0 Å². The molecule has 0 saturated carbocycles. The van der Waals surface area contributed by atoms with E-state index in [9.17, 15) is 9.59 Å². The first-order chi connectivity index (χ1) is 11.1. The first-order valence-corrected chi connectivity index (χ1v) is 7.67. The minimum atomic E-state index is -0.224. The summed E-state index contributed by atoms with van der Waals surface area (Å²) in [4.78, 5) is 25.4. The summed E-state index contributed by atoms with van der Waals surface area (Å²) in [5, 5.41) is 13.1. The van der Waals surface area contributed by atoms with Crippen molar-refractivity contribution in [2.75, 3.05) is 18.0 Å². The van der Waals surface area contributed by atoms with Crippen LogP contribution in [0.15, 0.2) is 27.6 Å². The molecular weight excluding hydrogens is 298 g/mol. The van der Waals surface area contributed by atoms with Crippen molar-refractivity contribution < 1.29 is 9.32 Å². The molecule has 1 aliphatic rings. The van der Waals surface area contributed by atoms with Crippen LogP contribution in [0.1, 0.15) is 35.4 Å². The lowest BCUT2D eigenvalue weighted by Gasteiger charge is -2.36. The average Bonchev–Trinajstić information content (AvgIpc) is 3.00. The lowest BCUT2D eigenvalue weighted by molar-refractivity contribution is 0.0948. The van der Waals surface area contributed by atoms with E-state index in [1.54, 1.807) is 13.0 Å². The Morgan fingerprint density at radius 1 is 1.48 bits per heavy atom. The van der Waals surface area contributed by atoms with Crippen LogP contribution in [0.25, 0.3) is 0 Å². The Hall–Kier alpha value is -2.64. The second-order valence-electron chi connectivity index (χ2n) is 5.63. The molecule has 1 fully saturated rings. The Bertz CT molecular complexity index is 718. The van der Waals surface area contributed by atoms with Gasteiger partial charge in [0.15, 0.2) is 0 Å². The third-order valence-electron chi connectivity index (χ3n) is 4.08. The highest BCUT2D eigenvalue weighted by molar-refractivity contribution is 5.94. The molecule has 3 heterocycles. The van der Waals surface area contributed by atoms with Gasteiger partial charge < -0.3 is 14.7 Å². The number of amides is 1. The standard InChI is InChI=1S/C15H19N5O3/c1-10-12(9-17-23-10)15(22)16-8-11-4-2-3-7-20(11)13-5-6-14(21)19-18-13/h5-6,9,11H,2-4,7-8H2,1H3,(H,16,22)(H,19,21). The molecule has 0 aliphatic carbocycles. The molecule has 2 aromatic rings. The number of carbonyl (C=O) groups excluding carboxylic acids is 1. The summed E-state index contributed by atoms with van der Waals surface area (Å²) in [5.74, 6) is 1.04. The van der Waals surface area contributed by atoms with Crippen LogP contribution >= 0.6 is 0 Å². The highest BCUT2D eigenvalue weighted by Gasteiger charge is 2.25. The van der Waals surface area contributed by atoms with Crippen molar-refractivity contribution in [2.45, 2.75) is 32.2 Å². The van der Waals surface area contributed by atoms with Crippen LogP contribution in [0.3, 0.4) is 0 Å². The van der Waals surface area contributed by atoms with Gasteiger partial charge in [0.25, 0.3) is 11.5 Å². The summed E-state index contributed by atoms with van der Waals surface area (Å²) in [6.07, 6.45) is 4.55. The highest BCUT2D eigenvalue weighted by Crippen LogP contribution is 2.21. The van der Waals surface area contributed by atoms with Crippen LogP contribution in [-0.4, -0.2) is 40.4 Å². The number of hydrogen-bond acceptors (Lipinski definition) is 6. The second kappa shape index (κ2) is 6.64. The lowest BCUT2D eigenvalue weighted by Crippen LogP contribution is -2.47. The highest BCUT2D eigenvalue weighted by atomic mass is 16.5. The molecule has 1 aliphatic heterocycles. The molecule has 1 saturated heterocycles. The number of anilines is 1. The van der Waals surface area contributed by atoms with Crippen LogP contribution in [-0.2, 0) is 0 Å². The number of hydrogen-bond donors (Lipinski definition) is 2. The summed E-state index contributed by atoms with van der Waals surface area (Å²) in [7, 11) is 0. The van der Waals surface area contributed by atoms with E-state index in [0.717, 1.165) is 31.6 Å². The third-order valence-corrected chi connectivity index (χ3v) is 4.08.